The van der Waals surface area contributed by atoms with Crippen molar-refractivity contribution in [2.45, 2.75) is 32.2 Å². The molecule has 8 heteroatoms. The molecule has 5 rings (SSSR count). The largest absolute Gasteiger partial charge is 0.378 e. The standard InChI is InChI=1S/C22H26N4O4/c1-2-24-9-3-4-16(24)12-23-17-8-7-15(11-18(17)26(29)30)25-21(27)19-13-5-6-14(10-13)20(19)22(25)28/h5-8,11,13-14,16,19-20,23H,2-4,9-10,12H2,1H3. The lowest BCUT2D eigenvalue weighted by atomic mass is 9.85. The number of amides is 2. The zero-order valence-electron chi connectivity index (χ0n) is 17.0. The smallest absolute Gasteiger partial charge is 0.294 e. The third-order valence-electron chi connectivity index (χ3n) is 7.34. The van der Waals surface area contributed by atoms with Crippen molar-refractivity contribution in [2.24, 2.45) is 23.7 Å². The van der Waals surface area contributed by atoms with Crippen LogP contribution in [-0.4, -0.2) is 47.3 Å². The van der Waals surface area contributed by atoms with E-state index in [2.05, 4.69) is 17.1 Å². The van der Waals surface area contributed by atoms with Crippen molar-refractivity contribution in [3.63, 3.8) is 0 Å². The lowest BCUT2D eigenvalue weighted by Gasteiger charge is -2.23. The molecule has 5 atom stereocenters. The van der Waals surface area contributed by atoms with Crippen molar-refractivity contribution in [1.82, 2.24) is 4.90 Å². The molecule has 0 spiro atoms. The van der Waals surface area contributed by atoms with Gasteiger partial charge in [-0.2, -0.15) is 0 Å². The van der Waals surface area contributed by atoms with Gasteiger partial charge in [0.15, 0.2) is 0 Å². The number of nitrogens with zero attached hydrogens (tertiary/aromatic N) is 3. The summed E-state index contributed by atoms with van der Waals surface area (Å²) in [5.41, 5.74) is 0.618. The summed E-state index contributed by atoms with van der Waals surface area (Å²) in [6.07, 6.45) is 7.15. The van der Waals surface area contributed by atoms with Crippen molar-refractivity contribution in [2.75, 3.05) is 29.9 Å². The maximum atomic E-state index is 13.0. The van der Waals surface area contributed by atoms with E-state index < -0.39 is 4.92 Å². The fourth-order valence-corrected chi connectivity index (χ4v) is 5.89. The molecule has 1 saturated carbocycles. The Morgan fingerprint density at radius 3 is 2.50 bits per heavy atom. The number of imide groups is 1. The molecule has 1 aromatic carbocycles. The molecule has 4 aliphatic rings. The SMILES string of the molecule is CCN1CCCC1CNc1ccc(N2C(=O)C3C4C=CC(C4)C3C2=O)cc1[N+](=O)[O-]. The van der Waals surface area contributed by atoms with Crippen LogP contribution >= 0.6 is 0 Å². The third kappa shape index (κ3) is 2.85. The molecule has 0 aromatic heterocycles. The first-order valence-corrected chi connectivity index (χ1v) is 10.8. The number of nitro groups is 1. The normalized spacial score (nSPS) is 32.3. The average Bonchev–Trinajstić information content (AvgIpc) is 3.50. The molecule has 2 amide bonds. The monoisotopic (exact) mass is 410 g/mol. The Bertz CT molecular complexity index is 915. The number of hydrogen-bond donors (Lipinski definition) is 1. The highest BCUT2D eigenvalue weighted by atomic mass is 16.6. The molecule has 0 radical (unpaired) electrons. The van der Waals surface area contributed by atoms with Crippen LogP contribution in [0.15, 0.2) is 30.4 Å². The van der Waals surface area contributed by atoms with E-state index in [1.807, 2.05) is 12.2 Å². The number of benzene rings is 1. The summed E-state index contributed by atoms with van der Waals surface area (Å²) in [7, 11) is 0. The number of hydrogen-bond acceptors (Lipinski definition) is 6. The first-order chi connectivity index (χ1) is 14.5. The highest BCUT2D eigenvalue weighted by molar-refractivity contribution is 6.23. The number of nitro benzene ring substituents is 1. The van der Waals surface area contributed by atoms with E-state index in [0.717, 1.165) is 32.4 Å². The summed E-state index contributed by atoms with van der Waals surface area (Å²) in [5.74, 6) is -0.836. The highest BCUT2D eigenvalue weighted by Crippen LogP contribution is 2.53. The van der Waals surface area contributed by atoms with Crippen LogP contribution in [0, 0.1) is 33.8 Å². The van der Waals surface area contributed by atoms with Gasteiger partial charge >= 0.3 is 0 Å². The van der Waals surface area contributed by atoms with E-state index in [1.165, 1.54) is 11.0 Å². The summed E-state index contributed by atoms with van der Waals surface area (Å²) in [5, 5.41) is 15.0. The van der Waals surface area contributed by atoms with Gasteiger partial charge in [0.2, 0.25) is 11.8 Å². The number of rotatable bonds is 6. The van der Waals surface area contributed by atoms with Gasteiger partial charge in [-0.3, -0.25) is 24.6 Å². The van der Waals surface area contributed by atoms with Gasteiger partial charge in [-0.25, -0.2) is 4.90 Å². The number of anilines is 2. The molecule has 1 aromatic rings. The Morgan fingerprint density at radius 1 is 1.17 bits per heavy atom. The first kappa shape index (κ1) is 19.2. The van der Waals surface area contributed by atoms with Gasteiger partial charge in [0.05, 0.1) is 22.4 Å². The predicted octanol–water partition coefficient (Wildman–Crippen LogP) is 2.80. The summed E-state index contributed by atoms with van der Waals surface area (Å²) >= 11 is 0. The number of carbonyl (C=O) groups excluding carboxylic acids is 2. The van der Waals surface area contributed by atoms with Gasteiger partial charge in [-0.15, -0.1) is 0 Å². The van der Waals surface area contributed by atoms with Crippen LogP contribution in [0.5, 0.6) is 0 Å². The number of nitrogens with one attached hydrogen (secondary N) is 1. The van der Waals surface area contributed by atoms with Crippen LogP contribution in [0.2, 0.25) is 0 Å². The molecule has 2 heterocycles. The van der Waals surface area contributed by atoms with Gasteiger partial charge in [0.1, 0.15) is 5.69 Å². The quantitative estimate of drug-likeness (QED) is 0.335. The van der Waals surface area contributed by atoms with Gasteiger partial charge in [-0.1, -0.05) is 19.1 Å². The minimum Gasteiger partial charge on any atom is -0.378 e. The maximum absolute atomic E-state index is 13.0. The fourth-order valence-electron chi connectivity index (χ4n) is 5.89. The highest BCUT2D eigenvalue weighted by Gasteiger charge is 2.59. The molecule has 2 aliphatic heterocycles. The Balaban J connectivity index is 1.38. The van der Waals surface area contributed by atoms with Crippen molar-refractivity contribution in [1.29, 1.82) is 0 Å². The van der Waals surface area contributed by atoms with Crippen LogP contribution in [0.4, 0.5) is 17.1 Å². The van der Waals surface area contributed by atoms with E-state index in [0.29, 0.717) is 24.0 Å². The van der Waals surface area contributed by atoms with Gasteiger partial charge in [0.25, 0.3) is 5.69 Å². The number of fused-ring (bicyclic) bond motifs is 5. The average molecular weight is 410 g/mol. The second kappa shape index (κ2) is 7.19. The Kier molecular flexibility index (Phi) is 4.61. The summed E-state index contributed by atoms with van der Waals surface area (Å²) in [4.78, 5) is 40.8. The van der Waals surface area contributed by atoms with Crippen molar-refractivity contribution in [3.05, 3.63) is 40.5 Å². The first-order valence-electron chi connectivity index (χ1n) is 10.8. The zero-order chi connectivity index (χ0) is 21.0. The molecule has 30 heavy (non-hydrogen) atoms. The Hall–Kier alpha value is -2.74. The van der Waals surface area contributed by atoms with E-state index in [9.17, 15) is 19.7 Å². The van der Waals surface area contributed by atoms with Crippen LogP contribution in [0.3, 0.4) is 0 Å². The number of carbonyl (C=O) groups is 2. The van der Waals surface area contributed by atoms with Crippen LogP contribution in [0.1, 0.15) is 26.2 Å². The minimum atomic E-state index is -0.449. The fraction of sp³-hybridized carbons (Fsp3) is 0.545. The molecule has 158 valence electrons. The summed E-state index contributed by atoms with van der Waals surface area (Å²) in [6, 6.07) is 4.99. The topological polar surface area (TPSA) is 95.8 Å². The van der Waals surface area contributed by atoms with Gasteiger partial charge in [0, 0.05) is 18.7 Å². The third-order valence-corrected chi connectivity index (χ3v) is 7.34. The maximum Gasteiger partial charge on any atom is 0.294 e. The predicted molar refractivity (Wildman–Crippen MR) is 112 cm³/mol. The Morgan fingerprint density at radius 2 is 1.87 bits per heavy atom. The van der Waals surface area contributed by atoms with Crippen LogP contribution < -0.4 is 10.2 Å². The van der Waals surface area contributed by atoms with Crippen LogP contribution in [-0.2, 0) is 9.59 Å². The molecule has 3 fully saturated rings. The second-order valence-corrected chi connectivity index (χ2v) is 8.78. The van der Waals surface area contributed by atoms with E-state index in [-0.39, 0.29) is 41.2 Å². The lowest BCUT2D eigenvalue weighted by molar-refractivity contribution is -0.383. The number of likely N-dealkylation sites (tertiary alicyclic amines) is 1. The number of likely N-dealkylation sites (N-methyl/N-ethyl adjacent to an activating group) is 1. The molecule has 2 aliphatic carbocycles. The second-order valence-electron chi connectivity index (χ2n) is 8.78. The molecule has 2 saturated heterocycles. The van der Waals surface area contributed by atoms with E-state index in [4.69, 9.17) is 0 Å². The molecule has 1 N–H and O–H groups in total. The molecular weight excluding hydrogens is 384 g/mol. The lowest BCUT2D eigenvalue weighted by Crippen LogP contribution is -2.35. The Labute approximate surface area is 175 Å². The van der Waals surface area contributed by atoms with E-state index >= 15 is 0 Å². The zero-order valence-corrected chi connectivity index (χ0v) is 17.0. The minimum absolute atomic E-state index is 0.104. The molecule has 8 nitrogen and oxygen atoms in total. The number of allylic oxidation sites excluding steroid dienone is 2. The molecule has 5 unspecified atom stereocenters. The van der Waals surface area contributed by atoms with Gasteiger partial charge < -0.3 is 5.32 Å². The summed E-state index contributed by atoms with van der Waals surface area (Å²) in [6.45, 7) is 4.78. The van der Waals surface area contributed by atoms with Crippen molar-refractivity contribution < 1.29 is 14.5 Å². The van der Waals surface area contributed by atoms with Gasteiger partial charge in [-0.05, 0) is 56.3 Å². The summed E-state index contributed by atoms with van der Waals surface area (Å²) < 4.78 is 0. The molecular formula is C22H26N4O4. The van der Waals surface area contributed by atoms with Crippen molar-refractivity contribution >= 4 is 28.9 Å². The molecule has 2 bridgehead atoms. The van der Waals surface area contributed by atoms with E-state index in [1.54, 1.807) is 12.1 Å². The van der Waals surface area contributed by atoms with Crippen LogP contribution in [0.25, 0.3) is 0 Å². The van der Waals surface area contributed by atoms with Crippen molar-refractivity contribution in [3.8, 4) is 0 Å².